The van der Waals surface area contributed by atoms with E-state index in [0.717, 1.165) is 0 Å². The Morgan fingerprint density at radius 1 is 1.03 bits per heavy atom. The number of para-hydroxylation sites is 1. The van der Waals surface area contributed by atoms with E-state index in [2.05, 4.69) is 0 Å². The lowest BCUT2D eigenvalue weighted by Crippen LogP contribution is -2.39. The van der Waals surface area contributed by atoms with Crippen LogP contribution in [0.4, 0.5) is 0 Å². The van der Waals surface area contributed by atoms with Crippen LogP contribution in [0.15, 0.2) is 65.7 Å². The highest BCUT2D eigenvalue weighted by Gasteiger charge is 2.29. The first-order valence-corrected chi connectivity index (χ1v) is 10.0. The van der Waals surface area contributed by atoms with Gasteiger partial charge < -0.3 is 14.4 Å². The Labute approximate surface area is 180 Å². The fourth-order valence-corrected chi connectivity index (χ4v) is 3.33. The Bertz CT molecular complexity index is 953. The maximum absolute atomic E-state index is 12.8. The van der Waals surface area contributed by atoms with Gasteiger partial charge in [-0.05, 0) is 55.3 Å². The Morgan fingerprint density at radius 3 is 2.40 bits per heavy atom. The van der Waals surface area contributed by atoms with Crippen molar-refractivity contribution in [1.82, 2.24) is 4.90 Å². The van der Waals surface area contributed by atoms with E-state index in [4.69, 9.17) is 21.1 Å². The molecule has 0 fully saturated rings. The summed E-state index contributed by atoms with van der Waals surface area (Å²) in [6.45, 7) is 2.38. The molecule has 3 rings (SSSR count). The van der Waals surface area contributed by atoms with Gasteiger partial charge in [-0.2, -0.15) is 0 Å². The molecule has 156 valence electrons. The molecule has 1 heterocycles. The third-order valence-corrected chi connectivity index (χ3v) is 4.94. The Morgan fingerprint density at radius 2 is 1.73 bits per heavy atom. The second kappa shape index (κ2) is 10.1. The second-order valence-electron chi connectivity index (χ2n) is 6.75. The van der Waals surface area contributed by atoms with Crippen LogP contribution in [0.3, 0.4) is 0 Å². The number of benzene rings is 2. The van der Waals surface area contributed by atoms with Gasteiger partial charge in [-0.25, -0.2) is 4.79 Å². The monoisotopic (exact) mass is 427 g/mol. The Hall–Kier alpha value is -3.12. The summed E-state index contributed by atoms with van der Waals surface area (Å²) in [6.07, 6.45) is 0.351. The van der Waals surface area contributed by atoms with Crippen molar-refractivity contribution in [1.29, 1.82) is 0 Å². The second-order valence-corrected chi connectivity index (χ2v) is 7.19. The van der Waals surface area contributed by atoms with Crippen molar-refractivity contribution >= 4 is 29.4 Å². The summed E-state index contributed by atoms with van der Waals surface area (Å²) in [7, 11) is 0. The molecular formula is C23H22ClNO5. The molecule has 0 bridgehead atoms. The number of esters is 2. The molecule has 0 aromatic heterocycles. The largest absolute Gasteiger partial charge is 0.463 e. The van der Waals surface area contributed by atoms with Gasteiger partial charge in [0.15, 0.2) is 0 Å². The van der Waals surface area contributed by atoms with Crippen LogP contribution < -0.4 is 4.74 Å². The first kappa shape index (κ1) is 21.6. The van der Waals surface area contributed by atoms with E-state index in [-0.39, 0.29) is 25.5 Å². The number of halogens is 1. The molecule has 0 saturated heterocycles. The summed E-state index contributed by atoms with van der Waals surface area (Å²) in [5.74, 6) is -0.750. The van der Waals surface area contributed by atoms with Crippen LogP contribution in [0.2, 0.25) is 5.02 Å². The molecule has 0 aliphatic carbocycles. The molecule has 6 nitrogen and oxygen atoms in total. The molecule has 2 aromatic rings. The molecule has 0 atom stereocenters. The van der Waals surface area contributed by atoms with Crippen molar-refractivity contribution in [3.63, 3.8) is 0 Å². The number of ether oxygens (including phenoxy) is 2. The van der Waals surface area contributed by atoms with Crippen molar-refractivity contribution in [2.45, 2.75) is 19.8 Å². The van der Waals surface area contributed by atoms with Crippen molar-refractivity contribution in [2.75, 3.05) is 19.7 Å². The molecule has 0 N–H and O–H groups in total. The van der Waals surface area contributed by atoms with Crippen molar-refractivity contribution in [3.8, 4) is 5.75 Å². The lowest BCUT2D eigenvalue weighted by molar-refractivity contribution is -0.138. The molecule has 1 amide bonds. The number of nitrogens with zero attached hydrogens (tertiary/aromatic N) is 1. The number of carbonyl (C=O) groups is 3. The normalized spacial score (nSPS) is 13.7. The maximum Gasteiger partial charge on any atom is 0.335 e. The Balaban J connectivity index is 1.76. The number of hydrogen-bond donors (Lipinski definition) is 0. The van der Waals surface area contributed by atoms with Crippen molar-refractivity contribution in [2.24, 2.45) is 0 Å². The lowest BCUT2D eigenvalue weighted by Gasteiger charge is -2.30. The smallest absolute Gasteiger partial charge is 0.335 e. The summed E-state index contributed by atoms with van der Waals surface area (Å²) in [5, 5.41) is 0.538. The maximum atomic E-state index is 12.8. The van der Waals surface area contributed by atoms with Gasteiger partial charge in [0.25, 0.3) is 5.91 Å². The minimum Gasteiger partial charge on any atom is -0.463 e. The molecule has 0 spiro atoms. The highest BCUT2D eigenvalue weighted by molar-refractivity contribution is 6.30. The van der Waals surface area contributed by atoms with Crippen LogP contribution in [0.25, 0.3) is 0 Å². The average Bonchev–Trinajstić information content (AvgIpc) is 2.75. The molecule has 1 aliphatic heterocycles. The van der Waals surface area contributed by atoms with Crippen LogP contribution in [-0.4, -0.2) is 42.4 Å². The van der Waals surface area contributed by atoms with Crippen molar-refractivity contribution in [3.05, 3.63) is 76.3 Å². The van der Waals surface area contributed by atoms with Crippen LogP contribution in [0, 0.1) is 0 Å². The molecule has 1 aliphatic rings. The summed E-state index contributed by atoms with van der Waals surface area (Å²) in [5.41, 5.74) is 1.44. The minimum atomic E-state index is -0.520. The van der Waals surface area contributed by atoms with Gasteiger partial charge in [0.1, 0.15) is 5.75 Å². The van der Waals surface area contributed by atoms with Gasteiger partial charge in [-0.1, -0.05) is 29.8 Å². The van der Waals surface area contributed by atoms with Crippen molar-refractivity contribution < 1.29 is 23.9 Å². The highest BCUT2D eigenvalue weighted by Crippen LogP contribution is 2.25. The lowest BCUT2D eigenvalue weighted by atomic mass is 9.96. The number of hydrogen-bond acceptors (Lipinski definition) is 5. The van der Waals surface area contributed by atoms with Crippen LogP contribution in [0.1, 0.15) is 30.1 Å². The molecule has 30 heavy (non-hydrogen) atoms. The summed E-state index contributed by atoms with van der Waals surface area (Å²) < 4.78 is 10.5. The van der Waals surface area contributed by atoms with E-state index in [1.165, 1.54) is 0 Å². The summed E-state index contributed by atoms with van der Waals surface area (Å²) >= 11 is 5.89. The number of amides is 1. The third-order valence-electron chi connectivity index (χ3n) is 4.69. The molecule has 2 aromatic carbocycles. The molecular weight excluding hydrogens is 406 g/mol. The zero-order valence-corrected chi connectivity index (χ0v) is 17.4. The van der Waals surface area contributed by atoms with E-state index in [1.807, 2.05) is 6.07 Å². The topological polar surface area (TPSA) is 72.9 Å². The molecule has 0 saturated carbocycles. The zero-order valence-electron chi connectivity index (χ0n) is 16.6. The number of rotatable bonds is 6. The standard InChI is InChI=1S/C23H22ClNO5/c1-2-29-23(28)20-15-25(22(27)16-8-10-18(24)11-9-16)13-12-17(20)14-21(26)30-19-6-4-3-5-7-19/h3-11H,2,12-15H2,1H3. The van der Waals surface area contributed by atoms with Gasteiger partial charge in [0, 0.05) is 17.1 Å². The quantitative estimate of drug-likeness (QED) is 0.513. The van der Waals surface area contributed by atoms with Gasteiger partial charge >= 0.3 is 11.9 Å². The van der Waals surface area contributed by atoms with Gasteiger partial charge in [-0.3, -0.25) is 9.59 Å². The van der Waals surface area contributed by atoms with E-state index < -0.39 is 11.9 Å². The Kier molecular flexibility index (Phi) is 7.25. The van der Waals surface area contributed by atoms with Gasteiger partial charge in [-0.15, -0.1) is 0 Å². The predicted molar refractivity (Wildman–Crippen MR) is 112 cm³/mol. The van der Waals surface area contributed by atoms with E-state index in [9.17, 15) is 14.4 Å². The summed E-state index contributed by atoms with van der Waals surface area (Å²) in [6, 6.07) is 15.3. The zero-order chi connectivity index (χ0) is 21.5. The van der Waals surface area contributed by atoms with Gasteiger partial charge in [0.05, 0.1) is 25.1 Å². The highest BCUT2D eigenvalue weighted by atomic mass is 35.5. The van der Waals surface area contributed by atoms with Gasteiger partial charge in [0.2, 0.25) is 0 Å². The predicted octanol–water partition coefficient (Wildman–Crippen LogP) is 4.04. The first-order chi connectivity index (χ1) is 14.5. The first-order valence-electron chi connectivity index (χ1n) is 9.66. The third kappa shape index (κ3) is 5.48. The molecule has 0 unspecified atom stereocenters. The number of carbonyl (C=O) groups excluding carboxylic acids is 3. The fourth-order valence-electron chi connectivity index (χ4n) is 3.20. The average molecular weight is 428 g/mol. The molecule has 7 heteroatoms. The van der Waals surface area contributed by atoms with Crippen LogP contribution >= 0.6 is 11.6 Å². The van der Waals surface area contributed by atoms with Crippen LogP contribution in [0.5, 0.6) is 5.75 Å². The summed E-state index contributed by atoms with van der Waals surface area (Å²) in [4.78, 5) is 39.3. The minimum absolute atomic E-state index is 0.0357. The van der Waals surface area contributed by atoms with E-state index in [1.54, 1.807) is 60.4 Å². The van der Waals surface area contributed by atoms with E-state index in [0.29, 0.717) is 40.4 Å². The SMILES string of the molecule is CCOC(=O)C1=C(CC(=O)Oc2ccccc2)CCN(C(=O)c2ccc(Cl)cc2)C1. The van der Waals surface area contributed by atoms with E-state index >= 15 is 0 Å². The fraction of sp³-hybridized carbons (Fsp3) is 0.261. The molecule has 0 radical (unpaired) electrons. The van der Waals surface area contributed by atoms with Crippen LogP contribution in [-0.2, 0) is 14.3 Å².